The number of pyridine rings is 2. The molecule has 5 rings (SSSR count). The van der Waals surface area contributed by atoms with E-state index < -0.39 is 10.0 Å². The molecule has 36 heavy (non-hydrogen) atoms. The molecule has 1 amide bonds. The molecule has 0 atom stereocenters. The van der Waals surface area contributed by atoms with Gasteiger partial charge in [0.25, 0.3) is 5.89 Å². The van der Waals surface area contributed by atoms with Gasteiger partial charge in [-0.05, 0) is 31.7 Å². The Hall–Kier alpha value is -3.45. The molecule has 3 aromatic heterocycles. The highest BCUT2D eigenvalue weighted by molar-refractivity contribution is 7.92. The number of nitrogens with one attached hydrogen (secondary N) is 2. The van der Waals surface area contributed by atoms with Crippen LogP contribution in [-0.2, 0) is 14.8 Å². The molecule has 1 aliphatic carbocycles. The highest BCUT2D eigenvalue weighted by atomic mass is 32.2. The van der Waals surface area contributed by atoms with Crippen LogP contribution in [0.15, 0.2) is 35.2 Å². The number of sulfonamides is 1. The predicted octanol–water partition coefficient (Wildman–Crippen LogP) is 1.95. The molecular weight excluding hydrogens is 488 g/mol. The third-order valence-electron chi connectivity index (χ3n) is 6.18. The summed E-state index contributed by atoms with van der Waals surface area (Å²) < 4.78 is 42.8. The van der Waals surface area contributed by atoms with Crippen molar-refractivity contribution in [3.8, 4) is 5.88 Å². The van der Waals surface area contributed by atoms with Gasteiger partial charge in [-0.2, -0.15) is 4.98 Å². The number of ether oxygens (including phenoxy) is 2. The van der Waals surface area contributed by atoms with Gasteiger partial charge in [-0.15, -0.1) is 0 Å². The van der Waals surface area contributed by atoms with Crippen LogP contribution in [0, 0.1) is 0 Å². The van der Waals surface area contributed by atoms with Gasteiger partial charge in [0.15, 0.2) is 0 Å². The first kappa shape index (κ1) is 24.3. The summed E-state index contributed by atoms with van der Waals surface area (Å²) in [7, 11) is -3.46. The largest absolute Gasteiger partial charge is 0.474 e. The second-order valence-corrected chi connectivity index (χ2v) is 10.7. The monoisotopic (exact) mass is 516 g/mol. The highest BCUT2D eigenvalue weighted by Crippen LogP contribution is 2.32. The summed E-state index contributed by atoms with van der Waals surface area (Å²) in [6.07, 6.45) is 8.18. The predicted molar refractivity (Wildman–Crippen MR) is 132 cm³/mol. The number of nitrogens with zero attached hydrogens (tertiary/aromatic N) is 4. The molecule has 3 aromatic rings. The van der Waals surface area contributed by atoms with Crippen molar-refractivity contribution in [1.29, 1.82) is 0 Å². The maximum absolute atomic E-state index is 12.2. The van der Waals surface area contributed by atoms with E-state index in [1.165, 1.54) is 18.7 Å². The smallest absolute Gasteiger partial charge is 0.307 e. The molecule has 12 nitrogen and oxygen atoms in total. The first-order chi connectivity index (χ1) is 17.3. The lowest BCUT2D eigenvalue weighted by Gasteiger charge is -2.30. The summed E-state index contributed by atoms with van der Waals surface area (Å²) in [6.45, 7) is 2.65. The van der Waals surface area contributed by atoms with Crippen molar-refractivity contribution < 1.29 is 27.1 Å². The van der Waals surface area contributed by atoms with Crippen molar-refractivity contribution in [3.63, 3.8) is 0 Å². The Bertz CT molecular complexity index is 1320. The van der Waals surface area contributed by atoms with Gasteiger partial charge in [-0.25, -0.2) is 13.4 Å². The number of fused-ring (bicyclic) bond motifs is 1. The summed E-state index contributed by atoms with van der Waals surface area (Å²) >= 11 is 0. The SMILES string of the molecule is CS(=O)(=O)Nc1cnc2cc(N3CCOCC3)nc(OC3CCC(NC(=O)c4ncco4)CC3)c2c1. The number of carbonyl (C=O) groups is 1. The molecule has 0 unspecified atom stereocenters. The van der Waals surface area contributed by atoms with Gasteiger partial charge in [0.1, 0.15) is 18.2 Å². The lowest BCUT2D eigenvalue weighted by Crippen LogP contribution is -2.40. The minimum absolute atomic E-state index is 0.000803. The Morgan fingerprint density at radius 2 is 1.92 bits per heavy atom. The fourth-order valence-electron chi connectivity index (χ4n) is 4.46. The second kappa shape index (κ2) is 10.3. The van der Waals surface area contributed by atoms with E-state index in [4.69, 9.17) is 18.9 Å². The number of morpholine rings is 1. The zero-order valence-corrected chi connectivity index (χ0v) is 20.7. The molecule has 1 aliphatic heterocycles. The molecule has 1 saturated heterocycles. The molecular formula is C23H28N6O6S. The first-order valence-electron chi connectivity index (χ1n) is 11.8. The lowest BCUT2D eigenvalue weighted by atomic mass is 9.93. The Balaban J connectivity index is 1.34. The molecule has 0 bridgehead atoms. The van der Waals surface area contributed by atoms with Crippen LogP contribution in [0.2, 0.25) is 0 Å². The van der Waals surface area contributed by atoms with Crippen molar-refractivity contribution in [2.45, 2.75) is 37.8 Å². The van der Waals surface area contributed by atoms with Crippen molar-refractivity contribution in [1.82, 2.24) is 20.3 Å². The average molecular weight is 517 g/mol. The first-order valence-corrected chi connectivity index (χ1v) is 13.7. The normalized spacial score (nSPS) is 20.8. The van der Waals surface area contributed by atoms with Gasteiger partial charge in [0.2, 0.25) is 15.9 Å². The second-order valence-electron chi connectivity index (χ2n) is 8.95. The third-order valence-corrected chi connectivity index (χ3v) is 6.79. The topological polar surface area (TPSA) is 149 Å². The molecule has 0 spiro atoms. The van der Waals surface area contributed by atoms with E-state index in [2.05, 4.69) is 24.9 Å². The van der Waals surface area contributed by atoms with Crippen LogP contribution in [-0.4, -0.2) is 74.0 Å². The fourth-order valence-corrected chi connectivity index (χ4v) is 5.00. The Kier molecular flexibility index (Phi) is 6.92. The Morgan fingerprint density at radius 3 is 2.61 bits per heavy atom. The molecule has 192 valence electrons. The van der Waals surface area contributed by atoms with E-state index in [0.717, 1.165) is 37.8 Å². The van der Waals surface area contributed by atoms with Crippen LogP contribution in [0.4, 0.5) is 11.5 Å². The number of rotatable bonds is 7. The standard InChI is InChI=1S/C23H28N6O6S/c1-36(31,32)28-16-12-18-19(25-14-16)13-20(29-7-10-33-11-8-29)27-22(18)35-17-4-2-15(3-5-17)26-21(30)23-24-6-9-34-23/h6,9,12-15,17,28H,2-5,7-8,10-11H2,1H3,(H,26,30). The molecule has 1 saturated carbocycles. The molecule has 13 heteroatoms. The van der Waals surface area contributed by atoms with Crippen molar-refractivity contribution in [3.05, 3.63) is 36.7 Å². The van der Waals surface area contributed by atoms with Gasteiger partial charge in [-0.1, -0.05) is 0 Å². The van der Waals surface area contributed by atoms with Crippen molar-refractivity contribution >= 4 is 38.3 Å². The minimum atomic E-state index is -3.46. The van der Waals surface area contributed by atoms with Crippen LogP contribution in [0.3, 0.4) is 0 Å². The van der Waals surface area contributed by atoms with Gasteiger partial charge >= 0.3 is 5.91 Å². The molecule has 0 aromatic carbocycles. The number of hydrogen-bond acceptors (Lipinski definition) is 10. The number of amides is 1. The average Bonchev–Trinajstić information content (AvgIpc) is 3.40. The van der Waals surface area contributed by atoms with Crippen LogP contribution in [0.5, 0.6) is 5.88 Å². The number of aromatic nitrogens is 3. The number of hydrogen-bond donors (Lipinski definition) is 2. The molecule has 0 radical (unpaired) electrons. The lowest BCUT2D eigenvalue weighted by molar-refractivity contribution is 0.0858. The quantitative estimate of drug-likeness (QED) is 0.477. The van der Waals surface area contributed by atoms with Crippen molar-refractivity contribution in [2.75, 3.05) is 42.2 Å². The maximum Gasteiger partial charge on any atom is 0.307 e. The summed E-state index contributed by atoms with van der Waals surface area (Å²) in [5.41, 5.74) is 1.00. The van der Waals surface area contributed by atoms with E-state index >= 15 is 0 Å². The van der Waals surface area contributed by atoms with E-state index in [1.807, 2.05) is 6.07 Å². The van der Waals surface area contributed by atoms with Crippen LogP contribution < -0.4 is 19.7 Å². The van der Waals surface area contributed by atoms with Gasteiger partial charge in [0, 0.05) is 25.2 Å². The van der Waals surface area contributed by atoms with Gasteiger partial charge in [0.05, 0.1) is 48.5 Å². The Morgan fingerprint density at radius 1 is 1.14 bits per heavy atom. The van der Waals surface area contributed by atoms with Crippen molar-refractivity contribution in [2.24, 2.45) is 0 Å². The molecule has 2 fully saturated rings. The maximum atomic E-state index is 12.2. The van der Waals surface area contributed by atoms with Gasteiger partial charge in [-0.3, -0.25) is 14.5 Å². The van der Waals surface area contributed by atoms with Crippen LogP contribution in [0.1, 0.15) is 36.4 Å². The number of anilines is 2. The molecule has 2 N–H and O–H groups in total. The minimum Gasteiger partial charge on any atom is -0.474 e. The summed E-state index contributed by atoms with van der Waals surface area (Å²) in [4.78, 5) is 27.5. The summed E-state index contributed by atoms with van der Waals surface area (Å²) in [5.74, 6) is 0.872. The zero-order chi connectivity index (χ0) is 25.1. The summed E-state index contributed by atoms with van der Waals surface area (Å²) in [5, 5.41) is 3.58. The van der Waals surface area contributed by atoms with Gasteiger partial charge < -0.3 is 24.1 Å². The van der Waals surface area contributed by atoms with E-state index in [1.54, 1.807) is 6.07 Å². The van der Waals surface area contributed by atoms with E-state index in [-0.39, 0.29) is 23.9 Å². The number of carbonyl (C=O) groups excluding carboxylic acids is 1. The summed E-state index contributed by atoms with van der Waals surface area (Å²) in [6, 6.07) is 3.57. The molecule has 4 heterocycles. The highest BCUT2D eigenvalue weighted by Gasteiger charge is 2.26. The zero-order valence-electron chi connectivity index (χ0n) is 19.8. The van der Waals surface area contributed by atoms with Crippen LogP contribution in [0.25, 0.3) is 10.9 Å². The van der Waals surface area contributed by atoms with E-state index in [0.29, 0.717) is 48.8 Å². The van der Waals surface area contributed by atoms with Crippen LogP contribution >= 0.6 is 0 Å². The molecule has 2 aliphatic rings. The third kappa shape index (κ3) is 5.85. The van der Waals surface area contributed by atoms with E-state index in [9.17, 15) is 13.2 Å². The fraction of sp³-hybridized carbons (Fsp3) is 0.478. The number of oxazole rings is 1. The Labute approximate surface area is 208 Å².